The van der Waals surface area contributed by atoms with Crippen molar-refractivity contribution in [3.63, 3.8) is 0 Å². The standard InChI is InChI=1S/C16H28N2O/c1-12(2)11-14-17-16(9-5-6-10-16)15(19)18(14)13-7-3-4-8-13/h12-14,17H,3-11H2,1-2H3. The Morgan fingerprint density at radius 2 is 1.84 bits per heavy atom. The first kappa shape index (κ1) is 13.4. The van der Waals surface area contributed by atoms with E-state index >= 15 is 0 Å². The molecule has 0 aromatic rings. The second-order valence-electron chi connectivity index (χ2n) is 7.23. The van der Waals surface area contributed by atoms with Crippen LogP contribution < -0.4 is 5.32 Å². The molecule has 1 amide bonds. The molecule has 108 valence electrons. The van der Waals surface area contributed by atoms with Gasteiger partial charge in [-0.3, -0.25) is 10.1 Å². The van der Waals surface area contributed by atoms with E-state index < -0.39 is 0 Å². The zero-order valence-electron chi connectivity index (χ0n) is 12.5. The Labute approximate surface area is 117 Å². The van der Waals surface area contributed by atoms with Crippen molar-refractivity contribution in [2.75, 3.05) is 0 Å². The van der Waals surface area contributed by atoms with Gasteiger partial charge in [-0.05, 0) is 38.0 Å². The monoisotopic (exact) mass is 264 g/mol. The molecule has 19 heavy (non-hydrogen) atoms. The van der Waals surface area contributed by atoms with Crippen molar-refractivity contribution in [2.24, 2.45) is 5.92 Å². The van der Waals surface area contributed by atoms with E-state index in [4.69, 9.17) is 0 Å². The normalized spacial score (nSPS) is 31.2. The van der Waals surface area contributed by atoms with Crippen molar-refractivity contribution in [3.8, 4) is 0 Å². The average molecular weight is 264 g/mol. The molecule has 2 saturated carbocycles. The van der Waals surface area contributed by atoms with Gasteiger partial charge in [0, 0.05) is 6.04 Å². The number of hydrogen-bond acceptors (Lipinski definition) is 2. The van der Waals surface area contributed by atoms with Gasteiger partial charge in [0.15, 0.2) is 0 Å². The van der Waals surface area contributed by atoms with Crippen LogP contribution in [0, 0.1) is 5.92 Å². The van der Waals surface area contributed by atoms with E-state index in [1.54, 1.807) is 0 Å². The molecular weight excluding hydrogens is 236 g/mol. The Hall–Kier alpha value is -0.570. The molecule has 2 aliphatic carbocycles. The third kappa shape index (κ3) is 2.31. The average Bonchev–Trinajstić information content (AvgIpc) is 3.03. The summed E-state index contributed by atoms with van der Waals surface area (Å²) in [4.78, 5) is 15.2. The van der Waals surface area contributed by atoms with Gasteiger partial charge in [0.25, 0.3) is 0 Å². The van der Waals surface area contributed by atoms with Crippen molar-refractivity contribution in [1.29, 1.82) is 0 Å². The van der Waals surface area contributed by atoms with Gasteiger partial charge in [-0.1, -0.05) is 39.5 Å². The molecule has 3 heteroatoms. The highest BCUT2D eigenvalue weighted by Gasteiger charge is 2.53. The summed E-state index contributed by atoms with van der Waals surface area (Å²) in [6, 6.07) is 0.517. The van der Waals surface area contributed by atoms with Crippen molar-refractivity contribution in [2.45, 2.75) is 89.4 Å². The van der Waals surface area contributed by atoms with Gasteiger partial charge in [-0.15, -0.1) is 0 Å². The van der Waals surface area contributed by atoms with Gasteiger partial charge in [-0.25, -0.2) is 0 Å². The van der Waals surface area contributed by atoms with Crippen LogP contribution in [0.25, 0.3) is 0 Å². The number of hydrogen-bond donors (Lipinski definition) is 1. The maximum atomic E-state index is 13.0. The lowest BCUT2D eigenvalue weighted by molar-refractivity contribution is -0.135. The molecule has 1 N–H and O–H groups in total. The van der Waals surface area contributed by atoms with Crippen molar-refractivity contribution >= 4 is 5.91 Å². The highest BCUT2D eigenvalue weighted by molar-refractivity contribution is 5.89. The Kier molecular flexibility index (Phi) is 3.59. The maximum absolute atomic E-state index is 13.0. The fraction of sp³-hybridized carbons (Fsp3) is 0.938. The zero-order valence-corrected chi connectivity index (χ0v) is 12.5. The number of nitrogens with zero attached hydrogens (tertiary/aromatic N) is 1. The van der Waals surface area contributed by atoms with Gasteiger partial charge < -0.3 is 4.90 Å². The van der Waals surface area contributed by atoms with Crippen molar-refractivity contribution in [1.82, 2.24) is 10.2 Å². The van der Waals surface area contributed by atoms with E-state index in [2.05, 4.69) is 24.1 Å². The Bertz CT molecular complexity index is 341. The molecular formula is C16H28N2O. The Morgan fingerprint density at radius 1 is 1.21 bits per heavy atom. The quantitative estimate of drug-likeness (QED) is 0.849. The molecule has 1 spiro atoms. The lowest BCUT2D eigenvalue weighted by Gasteiger charge is -2.31. The topological polar surface area (TPSA) is 32.3 Å². The molecule has 3 aliphatic rings. The van der Waals surface area contributed by atoms with E-state index in [0.29, 0.717) is 24.0 Å². The van der Waals surface area contributed by atoms with Crippen molar-refractivity contribution in [3.05, 3.63) is 0 Å². The maximum Gasteiger partial charge on any atom is 0.244 e. The molecule has 3 rings (SSSR count). The van der Waals surface area contributed by atoms with Crippen LogP contribution >= 0.6 is 0 Å². The lowest BCUT2D eigenvalue weighted by Crippen LogP contribution is -2.45. The number of carbonyl (C=O) groups is 1. The molecule has 3 nitrogen and oxygen atoms in total. The minimum Gasteiger partial charge on any atom is -0.323 e. The molecule has 1 unspecified atom stereocenters. The summed E-state index contributed by atoms with van der Waals surface area (Å²) in [5, 5.41) is 3.75. The van der Waals surface area contributed by atoms with E-state index in [9.17, 15) is 4.79 Å². The molecule has 0 aromatic heterocycles. The SMILES string of the molecule is CC(C)CC1NC2(CCCC2)C(=O)N1C1CCCC1. The molecule has 0 aromatic carbocycles. The smallest absolute Gasteiger partial charge is 0.244 e. The molecule has 1 atom stereocenters. The van der Waals surface area contributed by atoms with Gasteiger partial charge in [0.05, 0.1) is 11.7 Å². The van der Waals surface area contributed by atoms with E-state index in [1.165, 1.54) is 38.5 Å². The summed E-state index contributed by atoms with van der Waals surface area (Å²) in [5.41, 5.74) is -0.178. The van der Waals surface area contributed by atoms with Gasteiger partial charge in [-0.2, -0.15) is 0 Å². The highest BCUT2D eigenvalue weighted by Crippen LogP contribution is 2.40. The number of nitrogens with one attached hydrogen (secondary N) is 1. The zero-order chi connectivity index (χ0) is 13.5. The largest absolute Gasteiger partial charge is 0.323 e. The summed E-state index contributed by atoms with van der Waals surface area (Å²) in [7, 11) is 0. The highest BCUT2D eigenvalue weighted by atomic mass is 16.2. The first-order valence-corrected chi connectivity index (χ1v) is 8.23. The number of carbonyl (C=O) groups excluding carboxylic acids is 1. The van der Waals surface area contributed by atoms with Gasteiger partial charge in [0.2, 0.25) is 5.91 Å². The van der Waals surface area contributed by atoms with Crippen LogP contribution in [0.3, 0.4) is 0 Å². The molecule has 0 bridgehead atoms. The molecule has 0 radical (unpaired) electrons. The van der Waals surface area contributed by atoms with Gasteiger partial charge in [0.1, 0.15) is 0 Å². The first-order chi connectivity index (χ1) is 9.12. The Balaban J connectivity index is 1.82. The summed E-state index contributed by atoms with van der Waals surface area (Å²) in [6.07, 6.45) is 11.0. The van der Waals surface area contributed by atoms with Gasteiger partial charge >= 0.3 is 0 Å². The number of amides is 1. The third-order valence-electron chi connectivity index (χ3n) is 5.29. The van der Waals surface area contributed by atoms with Crippen LogP contribution in [0.15, 0.2) is 0 Å². The minimum atomic E-state index is -0.178. The van der Waals surface area contributed by atoms with Crippen LogP contribution in [0.2, 0.25) is 0 Å². The van der Waals surface area contributed by atoms with E-state index in [1.807, 2.05) is 0 Å². The van der Waals surface area contributed by atoms with Crippen LogP contribution in [-0.4, -0.2) is 28.6 Å². The number of rotatable bonds is 3. The fourth-order valence-electron chi connectivity index (χ4n) is 4.40. The summed E-state index contributed by atoms with van der Waals surface area (Å²) in [6.45, 7) is 4.53. The van der Waals surface area contributed by atoms with E-state index in [0.717, 1.165) is 19.3 Å². The predicted octanol–water partition coefficient (Wildman–Crippen LogP) is 3.05. The summed E-state index contributed by atoms with van der Waals surface area (Å²) < 4.78 is 0. The molecule has 1 heterocycles. The fourth-order valence-corrected chi connectivity index (χ4v) is 4.40. The van der Waals surface area contributed by atoms with Crippen LogP contribution in [0.5, 0.6) is 0 Å². The minimum absolute atomic E-state index is 0.178. The van der Waals surface area contributed by atoms with E-state index in [-0.39, 0.29) is 5.54 Å². The Morgan fingerprint density at radius 3 is 2.42 bits per heavy atom. The second-order valence-corrected chi connectivity index (χ2v) is 7.23. The lowest BCUT2D eigenvalue weighted by atomic mass is 9.97. The third-order valence-corrected chi connectivity index (χ3v) is 5.29. The summed E-state index contributed by atoms with van der Waals surface area (Å²) >= 11 is 0. The summed E-state index contributed by atoms with van der Waals surface area (Å²) in [5.74, 6) is 1.08. The molecule has 1 aliphatic heterocycles. The predicted molar refractivity (Wildman–Crippen MR) is 76.7 cm³/mol. The molecule has 3 fully saturated rings. The van der Waals surface area contributed by atoms with Crippen LogP contribution in [-0.2, 0) is 4.79 Å². The van der Waals surface area contributed by atoms with Crippen molar-refractivity contribution < 1.29 is 4.79 Å². The molecule has 1 saturated heterocycles. The second kappa shape index (κ2) is 5.08. The van der Waals surface area contributed by atoms with Crippen LogP contribution in [0.4, 0.5) is 0 Å². The first-order valence-electron chi connectivity index (χ1n) is 8.23. The van der Waals surface area contributed by atoms with Crippen LogP contribution in [0.1, 0.15) is 71.6 Å².